The molecule has 0 unspecified atom stereocenters. The molecule has 106 valence electrons. The van der Waals surface area contributed by atoms with Crippen LogP contribution in [0.3, 0.4) is 0 Å². The zero-order valence-corrected chi connectivity index (χ0v) is 12.7. The standard InChI is InChI=1S/C17H21NO2/c1-6-7-16(19)18-15-9-8-13(11(2)3)10-14(15)17(20)12(4)5/h8-12H,1-5H3,(H,18,19). The lowest BCUT2D eigenvalue weighted by Crippen LogP contribution is -2.15. The Hall–Kier alpha value is -2.08. The van der Waals surface area contributed by atoms with Gasteiger partial charge in [-0.25, -0.2) is 0 Å². The summed E-state index contributed by atoms with van der Waals surface area (Å²) in [4.78, 5) is 23.9. The van der Waals surface area contributed by atoms with Gasteiger partial charge in [-0.05, 0) is 36.5 Å². The van der Waals surface area contributed by atoms with Gasteiger partial charge in [0.2, 0.25) is 0 Å². The van der Waals surface area contributed by atoms with Gasteiger partial charge in [-0.3, -0.25) is 9.59 Å². The highest BCUT2D eigenvalue weighted by molar-refractivity contribution is 6.09. The first-order valence-electron chi connectivity index (χ1n) is 6.78. The number of amides is 1. The van der Waals surface area contributed by atoms with Crippen LogP contribution in [0.2, 0.25) is 0 Å². The average molecular weight is 271 g/mol. The van der Waals surface area contributed by atoms with E-state index >= 15 is 0 Å². The van der Waals surface area contributed by atoms with E-state index in [-0.39, 0.29) is 11.7 Å². The molecule has 0 heterocycles. The third-order valence-corrected chi connectivity index (χ3v) is 2.99. The Morgan fingerprint density at radius 1 is 1.15 bits per heavy atom. The topological polar surface area (TPSA) is 46.2 Å². The molecule has 0 saturated carbocycles. The van der Waals surface area contributed by atoms with Crippen molar-refractivity contribution in [3.8, 4) is 11.8 Å². The van der Waals surface area contributed by atoms with E-state index in [9.17, 15) is 9.59 Å². The van der Waals surface area contributed by atoms with Crippen molar-refractivity contribution in [2.45, 2.75) is 40.5 Å². The molecule has 1 aromatic carbocycles. The van der Waals surface area contributed by atoms with Crippen molar-refractivity contribution in [3.05, 3.63) is 29.3 Å². The van der Waals surface area contributed by atoms with E-state index < -0.39 is 5.91 Å². The molecule has 1 amide bonds. The number of hydrogen-bond donors (Lipinski definition) is 1. The molecule has 1 N–H and O–H groups in total. The van der Waals surface area contributed by atoms with Gasteiger partial charge < -0.3 is 5.32 Å². The van der Waals surface area contributed by atoms with E-state index in [1.807, 2.05) is 26.0 Å². The number of hydrogen-bond acceptors (Lipinski definition) is 2. The zero-order valence-electron chi connectivity index (χ0n) is 12.7. The van der Waals surface area contributed by atoms with Crippen LogP contribution < -0.4 is 5.32 Å². The van der Waals surface area contributed by atoms with Crippen LogP contribution in [0.25, 0.3) is 0 Å². The van der Waals surface area contributed by atoms with Gasteiger partial charge in [-0.1, -0.05) is 39.7 Å². The van der Waals surface area contributed by atoms with Crippen LogP contribution in [-0.4, -0.2) is 11.7 Å². The van der Waals surface area contributed by atoms with Crippen LogP contribution in [0.15, 0.2) is 18.2 Å². The van der Waals surface area contributed by atoms with Gasteiger partial charge in [-0.2, -0.15) is 0 Å². The van der Waals surface area contributed by atoms with Crippen molar-refractivity contribution >= 4 is 17.4 Å². The number of ketones is 1. The molecule has 3 heteroatoms. The maximum Gasteiger partial charge on any atom is 0.300 e. The van der Waals surface area contributed by atoms with Gasteiger partial charge >= 0.3 is 0 Å². The summed E-state index contributed by atoms with van der Waals surface area (Å²) < 4.78 is 0. The Kier molecular flexibility index (Phi) is 5.52. The minimum Gasteiger partial charge on any atom is -0.314 e. The number of carbonyl (C=O) groups is 2. The van der Waals surface area contributed by atoms with Crippen molar-refractivity contribution in [2.24, 2.45) is 5.92 Å². The number of Topliss-reactive ketones (excluding diaryl/α,β-unsaturated/α-hetero) is 1. The molecule has 1 rings (SSSR count). The normalized spacial score (nSPS) is 10.2. The number of nitrogens with one attached hydrogen (secondary N) is 1. The molecule has 1 aromatic rings. The summed E-state index contributed by atoms with van der Waals surface area (Å²) in [7, 11) is 0. The largest absolute Gasteiger partial charge is 0.314 e. The highest BCUT2D eigenvalue weighted by atomic mass is 16.1. The molecule has 0 aliphatic rings. The van der Waals surface area contributed by atoms with E-state index in [1.165, 1.54) is 0 Å². The molecule has 0 radical (unpaired) electrons. The Balaban J connectivity index is 3.24. The molecular weight excluding hydrogens is 250 g/mol. The predicted molar refractivity (Wildman–Crippen MR) is 81.8 cm³/mol. The lowest BCUT2D eigenvalue weighted by molar-refractivity contribution is -0.111. The van der Waals surface area contributed by atoms with E-state index in [2.05, 4.69) is 31.0 Å². The van der Waals surface area contributed by atoms with Crippen molar-refractivity contribution < 1.29 is 9.59 Å². The van der Waals surface area contributed by atoms with Gasteiger partial charge in [0.15, 0.2) is 5.78 Å². The molecule has 0 spiro atoms. The van der Waals surface area contributed by atoms with E-state index in [1.54, 1.807) is 13.0 Å². The molecule has 0 saturated heterocycles. The summed E-state index contributed by atoms with van der Waals surface area (Å²) in [5.41, 5.74) is 2.16. The number of carbonyl (C=O) groups excluding carboxylic acids is 2. The van der Waals surface area contributed by atoms with E-state index in [4.69, 9.17) is 0 Å². The zero-order chi connectivity index (χ0) is 15.3. The Morgan fingerprint density at radius 3 is 2.30 bits per heavy atom. The van der Waals surface area contributed by atoms with Gasteiger partial charge in [0.1, 0.15) is 0 Å². The van der Waals surface area contributed by atoms with Crippen LogP contribution >= 0.6 is 0 Å². The number of benzene rings is 1. The first-order chi connectivity index (χ1) is 9.36. The lowest BCUT2D eigenvalue weighted by atomic mass is 9.94. The average Bonchev–Trinajstić information content (AvgIpc) is 2.38. The Morgan fingerprint density at radius 2 is 1.80 bits per heavy atom. The second-order valence-electron chi connectivity index (χ2n) is 5.31. The lowest BCUT2D eigenvalue weighted by Gasteiger charge is -2.14. The highest BCUT2D eigenvalue weighted by Crippen LogP contribution is 2.25. The summed E-state index contributed by atoms with van der Waals surface area (Å²) in [6.07, 6.45) is 0. The number of anilines is 1. The minimum atomic E-state index is -0.400. The predicted octanol–water partition coefficient (Wildman–Crippen LogP) is 3.61. The fraction of sp³-hybridized carbons (Fsp3) is 0.412. The molecular formula is C17H21NO2. The van der Waals surface area contributed by atoms with Crippen LogP contribution in [0.4, 0.5) is 5.69 Å². The van der Waals surface area contributed by atoms with Crippen LogP contribution in [0, 0.1) is 17.8 Å². The molecule has 0 bridgehead atoms. The van der Waals surface area contributed by atoms with Gasteiger partial charge in [-0.15, -0.1) is 0 Å². The molecule has 0 aliphatic carbocycles. The summed E-state index contributed by atoms with van der Waals surface area (Å²) in [5, 5.41) is 2.68. The third-order valence-electron chi connectivity index (χ3n) is 2.99. The maximum atomic E-state index is 12.3. The molecule has 20 heavy (non-hydrogen) atoms. The molecule has 0 aromatic heterocycles. The molecule has 0 aliphatic heterocycles. The summed E-state index contributed by atoms with van der Waals surface area (Å²) in [5.74, 6) is 4.79. The quantitative estimate of drug-likeness (QED) is 0.671. The molecule has 0 fully saturated rings. The number of rotatable bonds is 4. The highest BCUT2D eigenvalue weighted by Gasteiger charge is 2.17. The van der Waals surface area contributed by atoms with Crippen molar-refractivity contribution in [3.63, 3.8) is 0 Å². The van der Waals surface area contributed by atoms with Crippen molar-refractivity contribution in [1.82, 2.24) is 0 Å². The van der Waals surface area contributed by atoms with Gasteiger partial charge in [0.25, 0.3) is 5.91 Å². The van der Waals surface area contributed by atoms with Crippen molar-refractivity contribution in [2.75, 3.05) is 5.32 Å². The minimum absolute atomic E-state index is 0.0206. The summed E-state index contributed by atoms with van der Waals surface area (Å²) >= 11 is 0. The van der Waals surface area contributed by atoms with E-state index in [0.29, 0.717) is 17.2 Å². The van der Waals surface area contributed by atoms with Crippen LogP contribution in [0.1, 0.15) is 56.5 Å². The smallest absolute Gasteiger partial charge is 0.300 e. The fourth-order valence-corrected chi connectivity index (χ4v) is 1.81. The molecule has 0 atom stereocenters. The second kappa shape index (κ2) is 6.91. The van der Waals surface area contributed by atoms with Crippen molar-refractivity contribution in [1.29, 1.82) is 0 Å². The Labute approximate surface area is 120 Å². The van der Waals surface area contributed by atoms with E-state index in [0.717, 1.165) is 5.56 Å². The van der Waals surface area contributed by atoms with Crippen LogP contribution in [-0.2, 0) is 4.79 Å². The first kappa shape index (κ1) is 16.0. The second-order valence-corrected chi connectivity index (χ2v) is 5.31. The van der Waals surface area contributed by atoms with Gasteiger partial charge in [0.05, 0.1) is 5.69 Å². The fourth-order valence-electron chi connectivity index (χ4n) is 1.81. The van der Waals surface area contributed by atoms with Crippen LogP contribution in [0.5, 0.6) is 0 Å². The third kappa shape index (κ3) is 3.96. The summed E-state index contributed by atoms with van der Waals surface area (Å²) in [6, 6.07) is 5.57. The van der Waals surface area contributed by atoms with Gasteiger partial charge in [0, 0.05) is 11.5 Å². The SMILES string of the molecule is CC#CC(=O)Nc1ccc(C(C)C)cc1C(=O)C(C)C. The maximum absolute atomic E-state index is 12.3. The first-order valence-corrected chi connectivity index (χ1v) is 6.78. The Bertz CT molecular complexity index is 574. The molecule has 3 nitrogen and oxygen atoms in total. The monoisotopic (exact) mass is 271 g/mol. The summed E-state index contributed by atoms with van der Waals surface area (Å²) in [6.45, 7) is 9.44.